The fourth-order valence-electron chi connectivity index (χ4n) is 1.37. The molecule has 0 aromatic heterocycles. The maximum Gasteiger partial charge on any atom is 0.239 e. The van der Waals surface area contributed by atoms with E-state index in [9.17, 15) is 4.79 Å². The third-order valence-electron chi connectivity index (χ3n) is 2.43. The van der Waals surface area contributed by atoms with Crippen LogP contribution < -0.4 is 0 Å². The highest BCUT2D eigenvalue weighted by molar-refractivity contribution is 5.83. The van der Waals surface area contributed by atoms with Crippen molar-refractivity contribution in [2.24, 2.45) is 5.10 Å². The van der Waals surface area contributed by atoms with E-state index < -0.39 is 0 Å². The molecule has 0 saturated carbocycles. The molecule has 0 unspecified atom stereocenters. The van der Waals surface area contributed by atoms with E-state index in [0.29, 0.717) is 6.54 Å². The molecule has 0 aliphatic rings. The van der Waals surface area contributed by atoms with Gasteiger partial charge < -0.3 is 0 Å². The topological polar surface area (TPSA) is 32.7 Å². The first-order chi connectivity index (χ1) is 8.15. The number of nitrogens with zero attached hydrogens (tertiary/aromatic N) is 2. The standard InChI is InChI=1S/C14H18N2O/c1-4-5-10-16(13(3)17)15-11-14-9-7-6-8-12(14)2/h4,6-9,11H,1,5,10H2,2-3H3. The smallest absolute Gasteiger partial charge is 0.239 e. The lowest BCUT2D eigenvalue weighted by Gasteiger charge is -2.13. The maximum atomic E-state index is 11.3. The molecule has 1 amide bonds. The molecule has 1 aromatic carbocycles. The summed E-state index contributed by atoms with van der Waals surface area (Å²) in [6.45, 7) is 7.73. The van der Waals surface area contributed by atoms with Gasteiger partial charge in [0.25, 0.3) is 0 Å². The molecule has 0 heterocycles. The Hall–Kier alpha value is -1.90. The van der Waals surface area contributed by atoms with Crippen molar-refractivity contribution in [2.75, 3.05) is 6.54 Å². The molecule has 1 rings (SSSR count). The summed E-state index contributed by atoms with van der Waals surface area (Å²) in [6, 6.07) is 7.93. The lowest BCUT2D eigenvalue weighted by atomic mass is 10.1. The zero-order chi connectivity index (χ0) is 12.7. The average Bonchev–Trinajstić information content (AvgIpc) is 2.31. The largest absolute Gasteiger partial charge is 0.273 e. The normalized spacial score (nSPS) is 10.5. The first-order valence-electron chi connectivity index (χ1n) is 5.63. The van der Waals surface area contributed by atoms with Crippen LogP contribution in [0.25, 0.3) is 0 Å². The van der Waals surface area contributed by atoms with Gasteiger partial charge in [0.05, 0.1) is 6.21 Å². The highest BCUT2D eigenvalue weighted by atomic mass is 16.2. The van der Waals surface area contributed by atoms with Crippen LogP contribution in [0.4, 0.5) is 0 Å². The number of carbonyl (C=O) groups is 1. The van der Waals surface area contributed by atoms with Crippen molar-refractivity contribution < 1.29 is 4.79 Å². The summed E-state index contributed by atoms with van der Waals surface area (Å²) in [6.07, 6.45) is 4.24. The van der Waals surface area contributed by atoms with Gasteiger partial charge in [0.2, 0.25) is 5.91 Å². The number of amides is 1. The van der Waals surface area contributed by atoms with Crippen molar-refractivity contribution in [3.63, 3.8) is 0 Å². The highest BCUT2D eigenvalue weighted by Crippen LogP contribution is 2.04. The van der Waals surface area contributed by atoms with E-state index in [4.69, 9.17) is 0 Å². The van der Waals surface area contributed by atoms with E-state index in [2.05, 4.69) is 11.7 Å². The summed E-state index contributed by atoms with van der Waals surface area (Å²) in [7, 11) is 0. The van der Waals surface area contributed by atoms with Gasteiger partial charge in [-0.25, -0.2) is 5.01 Å². The second kappa shape index (κ2) is 6.63. The van der Waals surface area contributed by atoms with E-state index >= 15 is 0 Å². The molecule has 3 heteroatoms. The average molecular weight is 230 g/mol. The van der Waals surface area contributed by atoms with Gasteiger partial charge in [-0.3, -0.25) is 4.79 Å². The van der Waals surface area contributed by atoms with E-state index in [1.54, 1.807) is 12.3 Å². The first kappa shape index (κ1) is 13.2. The Morgan fingerprint density at radius 3 is 2.76 bits per heavy atom. The van der Waals surface area contributed by atoms with Crippen LogP contribution in [0.15, 0.2) is 42.0 Å². The molecule has 0 aliphatic carbocycles. The van der Waals surface area contributed by atoms with Crippen LogP contribution in [0.2, 0.25) is 0 Å². The Balaban J connectivity index is 2.76. The van der Waals surface area contributed by atoms with Crippen LogP contribution in [0, 0.1) is 6.92 Å². The second-order valence-electron chi connectivity index (χ2n) is 3.82. The fraction of sp³-hybridized carbons (Fsp3) is 0.286. The van der Waals surface area contributed by atoms with Gasteiger partial charge in [-0.15, -0.1) is 6.58 Å². The van der Waals surface area contributed by atoms with Gasteiger partial charge in [-0.2, -0.15) is 5.10 Å². The predicted molar refractivity (Wildman–Crippen MR) is 71.0 cm³/mol. The highest BCUT2D eigenvalue weighted by Gasteiger charge is 2.04. The lowest BCUT2D eigenvalue weighted by molar-refractivity contribution is -0.128. The monoisotopic (exact) mass is 230 g/mol. The molecule has 3 nitrogen and oxygen atoms in total. The van der Waals surface area contributed by atoms with Gasteiger partial charge in [0.1, 0.15) is 0 Å². The summed E-state index contributed by atoms with van der Waals surface area (Å²) in [5.41, 5.74) is 2.17. The molecule has 0 spiro atoms. The number of hydrogen-bond acceptors (Lipinski definition) is 2. The van der Waals surface area contributed by atoms with Gasteiger partial charge in [-0.05, 0) is 24.5 Å². The lowest BCUT2D eigenvalue weighted by Crippen LogP contribution is -2.24. The number of carbonyl (C=O) groups excluding carboxylic acids is 1. The van der Waals surface area contributed by atoms with Gasteiger partial charge in [0, 0.05) is 13.5 Å². The molecule has 0 bridgehead atoms. The predicted octanol–water partition coefficient (Wildman–Crippen LogP) is 2.75. The van der Waals surface area contributed by atoms with E-state index in [1.165, 1.54) is 11.9 Å². The SMILES string of the molecule is C=CCCN(N=Cc1ccccc1C)C(C)=O. The number of hydrazone groups is 1. The van der Waals surface area contributed by atoms with Crippen molar-refractivity contribution in [2.45, 2.75) is 20.3 Å². The Kier molecular flexibility index (Phi) is 5.14. The van der Waals surface area contributed by atoms with Gasteiger partial charge >= 0.3 is 0 Å². The molecular weight excluding hydrogens is 212 g/mol. The minimum atomic E-state index is -0.0586. The van der Waals surface area contributed by atoms with Crippen molar-refractivity contribution >= 4 is 12.1 Å². The molecule has 0 saturated heterocycles. The molecular formula is C14H18N2O. The van der Waals surface area contributed by atoms with E-state index in [1.807, 2.05) is 31.2 Å². The molecule has 0 radical (unpaired) electrons. The van der Waals surface area contributed by atoms with E-state index in [0.717, 1.165) is 17.5 Å². The van der Waals surface area contributed by atoms with Crippen LogP contribution in [-0.4, -0.2) is 23.7 Å². The van der Waals surface area contributed by atoms with Crippen molar-refractivity contribution in [1.82, 2.24) is 5.01 Å². The Labute approximate surface area is 102 Å². The molecule has 0 aliphatic heterocycles. The Morgan fingerprint density at radius 2 is 2.18 bits per heavy atom. The molecule has 0 fully saturated rings. The van der Waals surface area contributed by atoms with E-state index in [-0.39, 0.29) is 5.91 Å². The quantitative estimate of drug-likeness (QED) is 0.435. The number of rotatable bonds is 5. The van der Waals surface area contributed by atoms with Crippen molar-refractivity contribution in [3.8, 4) is 0 Å². The first-order valence-corrected chi connectivity index (χ1v) is 5.63. The summed E-state index contributed by atoms with van der Waals surface area (Å²) in [4.78, 5) is 11.3. The molecule has 1 aromatic rings. The summed E-state index contributed by atoms with van der Waals surface area (Å²) < 4.78 is 0. The number of aryl methyl sites for hydroxylation is 1. The number of hydrogen-bond donors (Lipinski definition) is 0. The van der Waals surface area contributed by atoms with Gasteiger partial charge in [0.15, 0.2) is 0 Å². The van der Waals surface area contributed by atoms with Crippen LogP contribution in [0.1, 0.15) is 24.5 Å². The summed E-state index contributed by atoms with van der Waals surface area (Å²) in [5, 5.41) is 5.66. The molecule has 0 N–H and O–H groups in total. The van der Waals surface area contributed by atoms with Crippen LogP contribution in [0.5, 0.6) is 0 Å². The Bertz CT molecular complexity index is 424. The van der Waals surface area contributed by atoms with Crippen molar-refractivity contribution in [1.29, 1.82) is 0 Å². The van der Waals surface area contributed by atoms with Crippen LogP contribution >= 0.6 is 0 Å². The maximum absolute atomic E-state index is 11.3. The van der Waals surface area contributed by atoms with Crippen LogP contribution in [0.3, 0.4) is 0 Å². The van der Waals surface area contributed by atoms with Gasteiger partial charge in [-0.1, -0.05) is 30.3 Å². The molecule has 17 heavy (non-hydrogen) atoms. The minimum Gasteiger partial charge on any atom is -0.273 e. The third-order valence-corrected chi connectivity index (χ3v) is 2.43. The number of benzene rings is 1. The third kappa shape index (κ3) is 4.23. The minimum absolute atomic E-state index is 0.0586. The fourth-order valence-corrected chi connectivity index (χ4v) is 1.37. The summed E-state index contributed by atoms with van der Waals surface area (Å²) in [5.74, 6) is -0.0586. The zero-order valence-corrected chi connectivity index (χ0v) is 10.4. The van der Waals surface area contributed by atoms with Crippen LogP contribution in [-0.2, 0) is 4.79 Å². The second-order valence-corrected chi connectivity index (χ2v) is 3.82. The van der Waals surface area contributed by atoms with Crippen molar-refractivity contribution in [3.05, 3.63) is 48.0 Å². The molecule has 0 atom stereocenters. The summed E-state index contributed by atoms with van der Waals surface area (Å²) >= 11 is 0. The zero-order valence-electron chi connectivity index (χ0n) is 10.4. The Morgan fingerprint density at radius 1 is 1.47 bits per heavy atom. The molecule has 90 valence electrons.